The van der Waals surface area contributed by atoms with Gasteiger partial charge in [-0.1, -0.05) is 0 Å². The van der Waals surface area contributed by atoms with Crippen LogP contribution < -0.4 is 5.32 Å². The Bertz CT molecular complexity index is 396. The van der Waals surface area contributed by atoms with Crippen molar-refractivity contribution < 1.29 is 0 Å². The highest BCUT2D eigenvalue weighted by Crippen LogP contribution is 2.49. The SMILES string of the molecule is Cc1ncc(NCC(C2CC2)C2CC2)nc1C. The van der Waals surface area contributed by atoms with E-state index in [9.17, 15) is 0 Å². The van der Waals surface area contributed by atoms with Gasteiger partial charge in [-0.15, -0.1) is 0 Å². The molecule has 0 atom stereocenters. The van der Waals surface area contributed by atoms with E-state index in [-0.39, 0.29) is 0 Å². The molecule has 0 amide bonds. The minimum absolute atomic E-state index is 0.887. The molecule has 0 radical (unpaired) electrons. The summed E-state index contributed by atoms with van der Waals surface area (Å²) in [4.78, 5) is 8.88. The Morgan fingerprint density at radius 1 is 1.18 bits per heavy atom. The van der Waals surface area contributed by atoms with Crippen LogP contribution in [-0.4, -0.2) is 16.5 Å². The fraction of sp³-hybridized carbons (Fsp3) is 0.714. The maximum Gasteiger partial charge on any atom is 0.144 e. The molecule has 0 aromatic carbocycles. The van der Waals surface area contributed by atoms with Crippen molar-refractivity contribution in [1.82, 2.24) is 9.97 Å². The molecule has 1 heterocycles. The Morgan fingerprint density at radius 3 is 2.35 bits per heavy atom. The maximum absolute atomic E-state index is 4.53. The molecule has 2 aliphatic rings. The highest BCUT2D eigenvalue weighted by atomic mass is 15.0. The van der Waals surface area contributed by atoms with E-state index in [0.717, 1.165) is 41.5 Å². The number of nitrogens with one attached hydrogen (secondary N) is 1. The van der Waals surface area contributed by atoms with Crippen LogP contribution in [0.15, 0.2) is 6.20 Å². The zero-order chi connectivity index (χ0) is 11.8. The molecule has 1 aromatic rings. The minimum Gasteiger partial charge on any atom is -0.368 e. The summed E-state index contributed by atoms with van der Waals surface area (Å²) in [6.45, 7) is 5.11. The molecule has 0 unspecified atom stereocenters. The lowest BCUT2D eigenvalue weighted by Crippen LogP contribution is -2.19. The van der Waals surface area contributed by atoms with Crippen LogP contribution in [0.1, 0.15) is 37.1 Å². The maximum atomic E-state index is 4.53. The molecule has 1 aromatic heterocycles. The van der Waals surface area contributed by atoms with Gasteiger partial charge in [-0.05, 0) is 57.3 Å². The number of hydrogen-bond acceptors (Lipinski definition) is 3. The molecule has 92 valence electrons. The Kier molecular flexibility index (Phi) is 2.77. The lowest BCUT2D eigenvalue weighted by Gasteiger charge is -2.16. The van der Waals surface area contributed by atoms with Crippen LogP contribution in [0.25, 0.3) is 0 Å². The number of anilines is 1. The van der Waals surface area contributed by atoms with E-state index < -0.39 is 0 Å². The van der Waals surface area contributed by atoms with E-state index in [2.05, 4.69) is 15.3 Å². The second-order valence-corrected chi connectivity index (χ2v) is 5.65. The molecule has 2 aliphatic carbocycles. The third kappa shape index (κ3) is 2.59. The van der Waals surface area contributed by atoms with Crippen LogP contribution in [-0.2, 0) is 0 Å². The van der Waals surface area contributed by atoms with Gasteiger partial charge in [0.25, 0.3) is 0 Å². The van der Waals surface area contributed by atoms with Gasteiger partial charge in [-0.3, -0.25) is 4.98 Å². The van der Waals surface area contributed by atoms with Crippen LogP contribution in [0.2, 0.25) is 0 Å². The molecule has 0 saturated heterocycles. The largest absolute Gasteiger partial charge is 0.368 e. The Labute approximate surface area is 103 Å². The van der Waals surface area contributed by atoms with Crippen molar-refractivity contribution in [3.8, 4) is 0 Å². The smallest absolute Gasteiger partial charge is 0.144 e. The molecule has 17 heavy (non-hydrogen) atoms. The second-order valence-electron chi connectivity index (χ2n) is 5.65. The number of aryl methyl sites for hydroxylation is 2. The van der Waals surface area contributed by atoms with Gasteiger partial charge < -0.3 is 5.32 Å². The van der Waals surface area contributed by atoms with Crippen LogP contribution >= 0.6 is 0 Å². The molecular formula is C14H21N3. The third-order valence-corrected chi connectivity index (χ3v) is 4.17. The number of nitrogens with zero attached hydrogens (tertiary/aromatic N) is 2. The summed E-state index contributed by atoms with van der Waals surface area (Å²) in [5.74, 6) is 3.82. The van der Waals surface area contributed by atoms with Crippen molar-refractivity contribution in [2.75, 3.05) is 11.9 Å². The van der Waals surface area contributed by atoms with Gasteiger partial charge in [0.2, 0.25) is 0 Å². The van der Waals surface area contributed by atoms with E-state index in [1.54, 1.807) is 0 Å². The fourth-order valence-electron chi connectivity index (χ4n) is 2.62. The molecule has 3 rings (SSSR count). The first-order chi connectivity index (χ1) is 8.24. The molecule has 3 nitrogen and oxygen atoms in total. The minimum atomic E-state index is 0.887. The number of hydrogen-bond donors (Lipinski definition) is 1. The topological polar surface area (TPSA) is 37.8 Å². The lowest BCUT2D eigenvalue weighted by atomic mass is 9.98. The second kappa shape index (κ2) is 4.28. The highest BCUT2D eigenvalue weighted by Gasteiger charge is 2.40. The van der Waals surface area contributed by atoms with E-state index in [1.165, 1.54) is 25.7 Å². The summed E-state index contributed by atoms with van der Waals surface area (Å²) in [6.07, 6.45) is 7.64. The zero-order valence-electron chi connectivity index (χ0n) is 10.7. The van der Waals surface area contributed by atoms with E-state index >= 15 is 0 Å². The molecule has 2 saturated carbocycles. The quantitative estimate of drug-likeness (QED) is 0.846. The first-order valence-corrected chi connectivity index (χ1v) is 6.78. The predicted octanol–water partition coefficient (Wildman–Crippen LogP) is 2.94. The normalized spacial score (nSPS) is 19.7. The van der Waals surface area contributed by atoms with E-state index in [0.29, 0.717) is 0 Å². The van der Waals surface area contributed by atoms with Gasteiger partial charge in [0, 0.05) is 6.54 Å². The fourth-order valence-corrected chi connectivity index (χ4v) is 2.62. The summed E-state index contributed by atoms with van der Waals surface area (Å²) in [7, 11) is 0. The van der Waals surface area contributed by atoms with Crippen LogP contribution in [0.4, 0.5) is 5.82 Å². The molecule has 0 aliphatic heterocycles. The standard InChI is InChI=1S/C14H21N3/c1-9-10(2)17-14(8-15-9)16-7-13(11-3-4-11)12-5-6-12/h8,11-13H,3-7H2,1-2H3,(H,16,17). The Morgan fingerprint density at radius 2 is 1.82 bits per heavy atom. The van der Waals surface area contributed by atoms with Crippen LogP contribution in [0.5, 0.6) is 0 Å². The van der Waals surface area contributed by atoms with Gasteiger partial charge in [-0.25, -0.2) is 4.98 Å². The van der Waals surface area contributed by atoms with Gasteiger partial charge in [-0.2, -0.15) is 0 Å². The number of rotatable bonds is 5. The summed E-state index contributed by atoms with van der Waals surface area (Å²) < 4.78 is 0. The van der Waals surface area contributed by atoms with Crippen molar-refractivity contribution in [1.29, 1.82) is 0 Å². The van der Waals surface area contributed by atoms with Crippen molar-refractivity contribution in [2.24, 2.45) is 17.8 Å². The highest BCUT2D eigenvalue weighted by molar-refractivity contribution is 5.33. The average molecular weight is 231 g/mol. The summed E-state index contributed by atoms with van der Waals surface area (Å²) in [5.41, 5.74) is 2.06. The van der Waals surface area contributed by atoms with Crippen LogP contribution in [0, 0.1) is 31.6 Å². The van der Waals surface area contributed by atoms with Crippen molar-refractivity contribution in [3.63, 3.8) is 0 Å². The van der Waals surface area contributed by atoms with Gasteiger partial charge in [0.15, 0.2) is 0 Å². The summed E-state index contributed by atoms with van der Waals surface area (Å²) >= 11 is 0. The van der Waals surface area contributed by atoms with E-state index in [4.69, 9.17) is 0 Å². The van der Waals surface area contributed by atoms with Gasteiger partial charge >= 0.3 is 0 Å². The Balaban J connectivity index is 1.60. The summed E-state index contributed by atoms with van der Waals surface area (Å²) in [6, 6.07) is 0. The first-order valence-electron chi connectivity index (χ1n) is 6.78. The predicted molar refractivity (Wildman–Crippen MR) is 68.9 cm³/mol. The molecule has 1 N–H and O–H groups in total. The lowest BCUT2D eigenvalue weighted by molar-refractivity contribution is 0.427. The third-order valence-electron chi connectivity index (χ3n) is 4.17. The number of aromatic nitrogens is 2. The van der Waals surface area contributed by atoms with Crippen molar-refractivity contribution in [3.05, 3.63) is 17.6 Å². The molecule has 0 bridgehead atoms. The van der Waals surface area contributed by atoms with Crippen molar-refractivity contribution in [2.45, 2.75) is 39.5 Å². The molecule has 3 heteroatoms. The first kappa shape index (κ1) is 11.0. The molecular weight excluding hydrogens is 210 g/mol. The molecule has 2 fully saturated rings. The zero-order valence-corrected chi connectivity index (χ0v) is 10.7. The van der Waals surface area contributed by atoms with Crippen LogP contribution in [0.3, 0.4) is 0 Å². The average Bonchev–Trinajstić information content (AvgIpc) is 3.14. The van der Waals surface area contributed by atoms with Gasteiger partial charge in [0.05, 0.1) is 17.6 Å². The molecule has 0 spiro atoms. The Hall–Kier alpha value is -1.12. The monoisotopic (exact) mass is 231 g/mol. The van der Waals surface area contributed by atoms with Crippen molar-refractivity contribution >= 4 is 5.82 Å². The van der Waals surface area contributed by atoms with E-state index in [1.807, 2.05) is 20.0 Å². The van der Waals surface area contributed by atoms with Gasteiger partial charge in [0.1, 0.15) is 5.82 Å². The summed E-state index contributed by atoms with van der Waals surface area (Å²) in [5, 5.41) is 3.48.